The van der Waals surface area contributed by atoms with Gasteiger partial charge in [-0.2, -0.15) is 0 Å². The highest BCUT2D eigenvalue weighted by molar-refractivity contribution is 5.90. The Balaban J connectivity index is 1.83. The van der Waals surface area contributed by atoms with Crippen LogP contribution in [0.1, 0.15) is 23.2 Å². The second-order valence-corrected chi connectivity index (χ2v) is 5.92. The van der Waals surface area contributed by atoms with Gasteiger partial charge in [-0.3, -0.25) is 0 Å². The van der Waals surface area contributed by atoms with E-state index in [4.69, 9.17) is 14.2 Å². The third-order valence-corrected chi connectivity index (χ3v) is 4.26. The van der Waals surface area contributed by atoms with E-state index in [1.165, 1.54) is 13.2 Å². The summed E-state index contributed by atoms with van der Waals surface area (Å²) in [6.45, 7) is 2.20. The van der Waals surface area contributed by atoms with Gasteiger partial charge in [0.15, 0.2) is 0 Å². The molecule has 1 aliphatic heterocycles. The highest BCUT2D eigenvalue weighted by Crippen LogP contribution is 2.31. The average Bonchev–Trinajstić information content (AvgIpc) is 2.66. The van der Waals surface area contributed by atoms with Gasteiger partial charge in [0.1, 0.15) is 11.3 Å². The minimum absolute atomic E-state index is 0.0341. The largest absolute Gasteiger partial charge is 0.493 e. The summed E-state index contributed by atoms with van der Waals surface area (Å²) in [6.07, 6.45) is 2.00. The summed E-state index contributed by atoms with van der Waals surface area (Å²) in [5.74, 6) is 0.231. The van der Waals surface area contributed by atoms with E-state index in [1.54, 1.807) is 6.07 Å². The number of ether oxygens (including phenoxy) is 3. The van der Waals surface area contributed by atoms with Gasteiger partial charge < -0.3 is 19.3 Å². The molecule has 1 aromatic heterocycles. The molecule has 1 saturated heterocycles. The van der Waals surface area contributed by atoms with E-state index in [9.17, 15) is 9.90 Å². The van der Waals surface area contributed by atoms with Crippen molar-refractivity contribution >= 4 is 5.97 Å². The SMILES string of the molecule is COc1nc(-c2ccccc2OCC2CCOCC2)ccc1C(=O)O. The van der Waals surface area contributed by atoms with Crippen molar-refractivity contribution < 1.29 is 24.1 Å². The van der Waals surface area contributed by atoms with Crippen molar-refractivity contribution in [1.82, 2.24) is 4.98 Å². The maximum atomic E-state index is 11.2. The van der Waals surface area contributed by atoms with E-state index >= 15 is 0 Å². The second-order valence-electron chi connectivity index (χ2n) is 5.92. The van der Waals surface area contributed by atoms with E-state index in [0.717, 1.165) is 37.4 Å². The standard InChI is InChI=1S/C19H21NO5/c1-23-18-15(19(21)22)6-7-16(20-18)14-4-2-3-5-17(14)25-12-13-8-10-24-11-9-13/h2-7,13H,8-12H2,1H3,(H,21,22). The number of para-hydroxylation sites is 1. The fraction of sp³-hybridized carbons (Fsp3) is 0.368. The topological polar surface area (TPSA) is 77.9 Å². The lowest BCUT2D eigenvalue weighted by Crippen LogP contribution is -2.21. The monoisotopic (exact) mass is 343 g/mol. The molecular formula is C19H21NO5. The van der Waals surface area contributed by atoms with E-state index in [0.29, 0.717) is 18.2 Å². The van der Waals surface area contributed by atoms with Crippen LogP contribution in [0.2, 0.25) is 0 Å². The van der Waals surface area contributed by atoms with Crippen LogP contribution in [0, 0.1) is 5.92 Å². The van der Waals surface area contributed by atoms with Crippen LogP contribution in [0.25, 0.3) is 11.3 Å². The first-order valence-electron chi connectivity index (χ1n) is 8.27. The molecule has 132 valence electrons. The number of aromatic nitrogens is 1. The highest BCUT2D eigenvalue weighted by Gasteiger charge is 2.18. The number of aromatic carboxylic acids is 1. The molecule has 1 aromatic carbocycles. The van der Waals surface area contributed by atoms with Crippen molar-refractivity contribution in [1.29, 1.82) is 0 Å². The van der Waals surface area contributed by atoms with Crippen LogP contribution < -0.4 is 9.47 Å². The minimum atomic E-state index is -1.07. The molecule has 0 bridgehead atoms. The van der Waals surface area contributed by atoms with Gasteiger partial charge in [-0.05, 0) is 43.0 Å². The van der Waals surface area contributed by atoms with Crippen LogP contribution in [-0.4, -0.2) is 43.0 Å². The molecule has 1 aliphatic rings. The van der Waals surface area contributed by atoms with Gasteiger partial charge in [0.2, 0.25) is 5.88 Å². The molecule has 6 nitrogen and oxygen atoms in total. The van der Waals surface area contributed by atoms with Gasteiger partial charge in [-0.25, -0.2) is 9.78 Å². The molecule has 0 atom stereocenters. The molecule has 1 N–H and O–H groups in total. The molecule has 2 aromatic rings. The van der Waals surface area contributed by atoms with Crippen molar-refractivity contribution in [3.63, 3.8) is 0 Å². The van der Waals surface area contributed by atoms with Crippen LogP contribution in [0.15, 0.2) is 36.4 Å². The third-order valence-electron chi connectivity index (χ3n) is 4.26. The summed E-state index contributed by atoms with van der Waals surface area (Å²) in [6, 6.07) is 10.8. The number of methoxy groups -OCH3 is 1. The van der Waals surface area contributed by atoms with Gasteiger partial charge in [0.25, 0.3) is 0 Å². The summed E-state index contributed by atoms with van der Waals surface area (Å²) in [7, 11) is 1.41. The Kier molecular flexibility index (Phi) is 5.50. The molecule has 25 heavy (non-hydrogen) atoms. The van der Waals surface area contributed by atoms with Crippen molar-refractivity contribution in [2.24, 2.45) is 5.92 Å². The van der Waals surface area contributed by atoms with Gasteiger partial charge in [-0.1, -0.05) is 12.1 Å². The number of benzene rings is 1. The molecule has 0 amide bonds. The van der Waals surface area contributed by atoms with Crippen LogP contribution in [0.4, 0.5) is 0 Å². The molecule has 0 saturated carbocycles. The summed E-state index contributed by atoms with van der Waals surface area (Å²) in [5, 5.41) is 9.19. The molecule has 6 heteroatoms. The first kappa shape index (κ1) is 17.2. The summed E-state index contributed by atoms with van der Waals surface area (Å²) >= 11 is 0. The van der Waals surface area contributed by atoms with Gasteiger partial charge in [0, 0.05) is 18.8 Å². The molecule has 0 unspecified atom stereocenters. The summed E-state index contributed by atoms with van der Waals surface area (Å²) in [5.41, 5.74) is 1.46. The molecule has 1 fully saturated rings. The zero-order valence-electron chi connectivity index (χ0n) is 14.1. The van der Waals surface area contributed by atoms with Gasteiger partial charge in [0.05, 0.1) is 19.4 Å². The first-order valence-corrected chi connectivity index (χ1v) is 8.27. The first-order chi connectivity index (χ1) is 12.2. The number of pyridine rings is 1. The lowest BCUT2D eigenvalue weighted by molar-refractivity contribution is 0.0498. The Morgan fingerprint density at radius 2 is 2.00 bits per heavy atom. The maximum absolute atomic E-state index is 11.2. The second kappa shape index (κ2) is 7.98. The fourth-order valence-corrected chi connectivity index (χ4v) is 2.83. The predicted molar refractivity (Wildman–Crippen MR) is 92.2 cm³/mol. The normalized spacial score (nSPS) is 14.9. The highest BCUT2D eigenvalue weighted by atomic mass is 16.5. The molecule has 2 heterocycles. The van der Waals surface area contributed by atoms with Crippen LogP contribution >= 0.6 is 0 Å². The maximum Gasteiger partial charge on any atom is 0.341 e. The Labute approximate surface area is 146 Å². The summed E-state index contributed by atoms with van der Waals surface area (Å²) in [4.78, 5) is 15.6. The number of hydrogen-bond acceptors (Lipinski definition) is 5. The molecular weight excluding hydrogens is 322 g/mol. The lowest BCUT2D eigenvalue weighted by Gasteiger charge is -2.22. The Bertz CT molecular complexity index is 740. The zero-order chi connectivity index (χ0) is 17.6. The zero-order valence-corrected chi connectivity index (χ0v) is 14.1. The van der Waals surface area contributed by atoms with E-state index in [2.05, 4.69) is 4.98 Å². The van der Waals surface area contributed by atoms with Crippen LogP contribution in [0.5, 0.6) is 11.6 Å². The smallest absolute Gasteiger partial charge is 0.341 e. The Morgan fingerprint density at radius 1 is 1.24 bits per heavy atom. The third kappa shape index (κ3) is 4.09. The van der Waals surface area contributed by atoms with Crippen molar-refractivity contribution in [2.75, 3.05) is 26.9 Å². The minimum Gasteiger partial charge on any atom is -0.493 e. The van der Waals surface area contributed by atoms with E-state index in [-0.39, 0.29) is 11.4 Å². The number of carbonyl (C=O) groups is 1. The van der Waals surface area contributed by atoms with Crippen LogP contribution in [-0.2, 0) is 4.74 Å². The molecule has 0 spiro atoms. The number of nitrogens with zero attached hydrogens (tertiary/aromatic N) is 1. The molecule has 0 aliphatic carbocycles. The number of hydrogen-bond donors (Lipinski definition) is 1. The van der Waals surface area contributed by atoms with Gasteiger partial charge >= 0.3 is 5.97 Å². The van der Waals surface area contributed by atoms with Gasteiger partial charge in [-0.15, -0.1) is 0 Å². The predicted octanol–water partition coefficient (Wildman–Crippen LogP) is 3.26. The van der Waals surface area contributed by atoms with Crippen molar-refractivity contribution in [2.45, 2.75) is 12.8 Å². The lowest BCUT2D eigenvalue weighted by atomic mass is 10.0. The Morgan fingerprint density at radius 3 is 2.72 bits per heavy atom. The number of carboxylic acid groups (broad SMARTS) is 1. The van der Waals surface area contributed by atoms with Crippen molar-refractivity contribution in [3.05, 3.63) is 42.0 Å². The average molecular weight is 343 g/mol. The number of carboxylic acids is 1. The Hall–Kier alpha value is -2.60. The van der Waals surface area contributed by atoms with Crippen molar-refractivity contribution in [3.8, 4) is 22.9 Å². The fourth-order valence-electron chi connectivity index (χ4n) is 2.83. The van der Waals surface area contributed by atoms with Crippen LogP contribution in [0.3, 0.4) is 0 Å². The summed E-state index contributed by atoms with van der Waals surface area (Å²) < 4.78 is 16.5. The van der Waals surface area contributed by atoms with E-state index in [1.807, 2.05) is 24.3 Å². The van der Waals surface area contributed by atoms with E-state index < -0.39 is 5.97 Å². The molecule has 0 radical (unpaired) electrons. The number of rotatable bonds is 6. The molecule has 3 rings (SSSR count). The quantitative estimate of drug-likeness (QED) is 0.867.